The summed E-state index contributed by atoms with van der Waals surface area (Å²) in [5.74, 6) is 1.04. The van der Waals surface area contributed by atoms with E-state index in [0.29, 0.717) is 6.04 Å². The highest BCUT2D eigenvalue weighted by atomic mass is 16.3. The Morgan fingerprint density at radius 2 is 2.15 bits per heavy atom. The van der Waals surface area contributed by atoms with E-state index in [4.69, 9.17) is 4.42 Å². The van der Waals surface area contributed by atoms with E-state index < -0.39 is 0 Å². The largest absolute Gasteiger partial charge is 0.469 e. The third-order valence-corrected chi connectivity index (χ3v) is 3.13. The Morgan fingerprint density at radius 3 is 2.90 bits per heavy atom. The van der Waals surface area contributed by atoms with Gasteiger partial charge in [-0.2, -0.15) is 0 Å². The Hall–Kier alpha value is -1.97. The minimum atomic E-state index is 0.378. The van der Waals surface area contributed by atoms with Crippen molar-refractivity contribution in [2.45, 2.75) is 39.2 Å². The van der Waals surface area contributed by atoms with Crippen LogP contribution in [0.5, 0.6) is 0 Å². The minimum Gasteiger partial charge on any atom is -0.469 e. The number of furan rings is 1. The monoisotopic (exact) mass is 273 g/mol. The van der Waals surface area contributed by atoms with Crippen LogP contribution in [0.1, 0.15) is 32.4 Å². The molecule has 1 unspecified atom stereocenters. The van der Waals surface area contributed by atoms with Crippen LogP contribution < -0.4 is 10.6 Å². The number of nitrogens with zero attached hydrogens (tertiary/aromatic N) is 1. The second kappa shape index (κ2) is 7.58. The molecule has 0 aliphatic carbocycles. The molecule has 0 spiro atoms. The molecule has 0 radical (unpaired) electrons. The standard InChI is InChI=1S/C16H23N3O/c1-3-8-18-14-10-15(12-17-11-14)19-13(2)6-7-16-5-4-9-20-16/h4-5,9-13,18-19H,3,6-8H2,1-2H3. The van der Waals surface area contributed by atoms with Gasteiger partial charge in [0, 0.05) is 19.0 Å². The van der Waals surface area contributed by atoms with Crippen LogP contribution in [-0.2, 0) is 6.42 Å². The van der Waals surface area contributed by atoms with Crippen LogP contribution in [0.4, 0.5) is 11.4 Å². The van der Waals surface area contributed by atoms with Crippen molar-refractivity contribution in [2.24, 2.45) is 0 Å². The summed E-state index contributed by atoms with van der Waals surface area (Å²) in [4.78, 5) is 4.26. The summed E-state index contributed by atoms with van der Waals surface area (Å²) in [5.41, 5.74) is 2.12. The first-order valence-electron chi connectivity index (χ1n) is 7.25. The van der Waals surface area contributed by atoms with Crippen molar-refractivity contribution < 1.29 is 4.42 Å². The molecule has 2 heterocycles. The first kappa shape index (κ1) is 14.4. The van der Waals surface area contributed by atoms with Crippen LogP contribution in [0.3, 0.4) is 0 Å². The quantitative estimate of drug-likeness (QED) is 0.765. The van der Waals surface area contributed by atoms with Crippen LogP contribution in [0.2, 0.25) is 0 Å². The molecule has 4 heteroatoms. The van der Waals surface area contributed by atoms with Crippen molar-refractivity contribution in [1.82, 2.24) is 4.98 Å². The summed E-state index contributed by atoms with van der Waals surface area (Å²) in [6.45, 7) is 5.30. The van der Waals surface area contributed by atoms with E-state index in [9.17, 15) is 0 Å². The number of anilines is 2. The summed E-state index contributed by atoms with van der Waals surface area (Å²) in [6.07, 6.45) is 8.52. The number of aromatic nitrogens is 1. The van der Waals surface area contributed by atoms with Crippen molar-refractivity contribution in [1.29, 1.82) is 0 Å². The van der Waals surface area contributed by atoms with Gasteiger partial charge >= 0.3 is 0 Å². The molecule has 0 saturated carbocycles. The van der Waals surface area contributed by atoms with Gasteiger partial charge in [0.15, 0.2) is 0 Å². The van der Waals surface area contributed by atoms with E-state index in [2.05, 4.69) is 35.5 Å². The zero-order valence-electron chi connectivity index (χ0n) is 12.2. The third-order valence-electron chi connectivity index (χ3n) is 3.13. The Labute approximate surface area is 120 Å². The molecule has 0 amide bonds. The van der Waals surface area contributed by atoms with Gasteiger partial charge in [0.25, 0.3) is 0 Å². The SMILES string of the molecule is CCCNc1cncc(NC(C)CCc2ccco2)c1. The maximum absolute atomic E-state index is 5.35. The molecule has 20 heavy (non-hydrogen) atoms. The third kappa shape index (κ3) is 4.61. The smallest absolute Gasteiger partial charge is 0.103 e. The van der Waals surface area contributed by atoms with Crippen molar-refractivity contribution in [3.8, 4) is 0 Å². The van der Waals surface area contributed by atoms with Gasteiger partial charge in [-0.15, -0.1) is 0 Å². The first-order valence-corrected chi connectivity index (χ1v) is 7.25. The Morgan fingerprint density at radius 1 is 1.30 bits per heavy atom. The molecule has 0 bridgehead atoms. The lowest BCUT2D eigenvalue weighted by Crippen LogP contribution is -2.16. The van der Waals surface area contributed by atoms with E-state index in [1.54, 1.807) is 6.26 Å². The maximum atomic E-state index is 5.35. The van der Waals surface area contributed by atoms with Gasteiger partial charge in [0.1, 0.15) is 5.76 Å². The lowest BCUT2D eigenvalue weighted by atomic mass is 10.1. The zero-order valence-corrected chi connectivity index (χ0v) is 12.2. The summed E-state index contributed by atoms with van der Waals surface area (Å²) in [5, 5.41) is 6.82. The molecular weight excluding hydrogens is 250 g/mol. The predicted molar refractivity (Wildman–Crippen MR) is 83.1 cm³/mol. The number of nitrogens with one attached hydrogen (secondary N) is 2. The molecule has 0 saturated heterocycles. The average molecular weight is 273 g/mol. The number of aryl methyl sites for hydroxylation is 1. The zero-order chi connectivity index (χ0) is 14.2. The van der Waals surface area contributed by atoms with Gasteiger partial charge in [-0.05, 0) is 38.0 Å². The molecule has 0 aliphatic heterocycles. The van der Waals surface area contributed by atoms with Crippen molar-refractivity contribution in [3.05, 3.63) is 42.6 Å². The van der Waals surface area contributed by atoms with Crippen LogP contribution in [-0.4, -0.2) is 17.6 Å². The fourth-order valence-electron chi connectivity index (χ4n) is 2.06. The Balaban J connectivity index is 1.82. The first-order chi connectivity index (χ1) is 9.78. The minimum absolute atomic E-state index is 0.378. The molecule has 0 aromatic carbocycles. The van der Waals surface area contributed by atoms with E-state index >= 15 is 0 Å². The van der Waals surface area contributed by atoms with Gasteiger partial charge in [0.05, 0.1) is 30.0 Å². The molecule has 108 valence electrons. The topological polar surface area (TPSA) is 50.1 Å². The van der Waals surface area contributed by atoms with Crippen molar-refractivity contribution in [3.63, 3.8) is 0 Å². The molecule has 4 nitrogen and oxygen atoms in total. The number of hydrogen-bond acceptors (Lipinski definition) is 4. The molecule has 2 rings (SSSR count). The molecular formula is C16H23N3O. The van der Waals surface area contributed by atoms with E-state index in [1.807, 2.05) is 24.5 Å². The molecule has 0 aliphatic rings. The van der Waals surface area contributed by atoms with Crippen LogP contribution in [0.25, 0.3) is 0 Å². The molecule has 2 N–H and O–H groups in total. The molecule has 0 fully saturated rings. The highest BCUT2D eigenvalue weighted by Gasteiger charge is 2.05. The second-order valence-corrected chi connectivity index (χ2v) is 5.05. The van der Waals surface area contributed by atoms with Gasteiger partial charge in [-0.1, -0.05) is 6.92 Å². The fourth-order valence-corrected chi connectivity index (χ4v) is 2.06. The average Bonchev–Trinajstić information content (AvgIpc) is 2.97. The van der Waals surface area contributed by atoms with Crippen LogP contribution >= 0.6 is 0 Å². The molecule has 2 aromatic heterocycles. The predicted octanol–water partition coefficient (Wildman–Crippen LogP) is 3.93. The summed E-state index contributed by atoms with van der Waals surface area (Å²) in [6, 6.07) is 6.43. The maximum Gasteiger partial charge on any atom is 0.103 e. The van der Waals surface area contributed by atoms with E-state index in [0.717, 1.165) is 42.9 Å². The van der Waals surface area contributed by atoms with Crippen molar-refractivity contribution >= 4 is 11.4 Å². The lowest BCUT2D eigenvalue weighted by molar-refractivity contribution is 0.495. The van der Waals surface area contributed by atoms with Gasteiger partial charge in [-0.3, -0.25) is 4.98 Å². The number of pyridine rings is 1. The van der Waals surface area contributed by atoms with Gasteiger partial charge < -0.3 is 15.1 Å². The normalized spacial score (nSPS) is 12.1. The second-order valence-electron chi connectivity index (χ2n) is 5.05. The number of rotatable bonds is 8. The van der Waals surface area contributed by atoms with Crippen LogP contribution in [0, 0.1) is 0 Å². The van der Waals surface area contributed by atoms with Gasteiger partial charge in [-0.25, -0.2) is 0 Å². The lowest BCUT2D eigenvalue weighted by Gasteiger charge is -2.15. The number of hydrogen-bond donors (Lipinski definition) is 2. The highest BCUT2D eigenvalue weighted by molar-refractivity contribution is 5.54. The van der Waals surface area contributed by atoms with E-state index in [1.165, 1.54) is 0 Å². The van der Waals surface area contributed by atoms with Gasteiger partial charge in [0.2, 0.25) is 0 Å². The molecule has 2 aromatic rings. The van der Waals surface area contributed by atoms with Crippen LogP contribution in [0.15, 0.2) is 41.3 Å². The summed E-state index contributed by atoms with van der Waals surface area (Å²) in [7, 11) is 0. The summed E-state index contributed by atoms with van der Waals surface area (Å²) < 4.78 is 5.35. The van der Waals surface area contributed by atoms with E-state index in [-0.39, 0.29) is 0 Å². The fraction of sp³-hybridized carbons (Fsp3) is 0.438. The Kier molecular flexibility index (Phi) is 5.47. The molecule has 1 atom stereocenters. The van der Waals surface area contributed by atoms with Crippen molar-refractivity contribution in [2.75, 3.05) is 17.2 Å². The highest BCUT2D eigenvalue weighted by Crippen LogP contribution is 2.15. The summed E-state index contributed by atoms with van der Waals surface area (Å²) >= 11 is 0. The Bertz CT molecular complexity index is 496.